The highest BCUT2D eigenvalue weighted by molar-refractivity contribution is 5.35. The quantitative estimate of drug-likeness (QED) is 0.619. The van der Waals surface area contributed by atoms with E-state index in [2.05, 4.69) is 4.98 Å². The predicted molar refractivity (Wildman–Crippen MR) is 55.1 cm³/mol. The van der Waals surface area contributed by atoms with Crippen molar-refractivity contribution in [1.29, 1.82) is 0 Å². The van der Waals surface area contributed by atoms with Crippen LogP contribution in [0.15, 0.2) is 60.9 Å². The standard InChI is InChI=1S/C6H7N.C5H5N/c7-6-4-2-1-3-5-6;1-2-4-6-5-3-1/h1-5H,7H2;1-5H. The summed E-state index contributed by atoms with van der Waals surface area (Å²) >= 11 is 0. The molecular formula is C11H12N2. The molecule has 0 aliphatic carbocycles. The van der Waals surface area contributed by atoms with Crippen molar-refractivity contribution in [2.24, 2.45) is 0 Å². The summed E-state index contributed by atoms with van der Waals surface area (Å²) < 4.78 is 0. The zero-order chi connectivity index (χ0) is 9.36. The lowest BCUT2D eigenvalue weighted by Gasteiger charge is -1.83. The molecule has 66 valence electrons. The van der Waals surface area contributed by atoms with Gasteiger partial charge in [-0.25, -0.2) is 0 Å². The molecule has 2 heteroatoms. The van der Waals surface area contributed by atoms with E-state index in [0.29, 0.717) is 0 Å². The van der Waals surface area contributed by atoms with Crippen molar-refractivity contribution in [1.82, 2.24) is 4.98 Å². The third-order valence-electron chi connectivity index (χ3n) is 1.37. The van der Waals surface area contributed by atoms with Gasteiger partial charge in [0.2, 0.25) is 0 Å². The second kappa shape index (κ2) is 5.77. The summed E-state index contributed by atoms with van der Waals surface area (Å²) in [7, 11) is 0. The maximum Gasteiger partial charge on any atom is 0.0313 e. The van der Waals surface area contributed by atoms with Crippen molar-refractivity contribution in [2.45, 2.75) is 0 Å². The molecule has 1 heterocycles. The molecule has 2 nitrogen and oxygen atoms in total. The first-order chi connectivity index (χ1) is 6.39. The lowest BCUT2D eigenvalue weighted by Crippen LogP contribution is -1.79. The molecule has 2 N–H and O–H groups in total. The smallest absolute Gasteiger partial charge is 0.0313 e. The summed E-state index contributed by atoms with van der Waals surface area (Å²) in [6.45, 7) is 0. The van der Waals surface area contributed by atoms with Gasteiger partial charge in [0.05, 0.1) is 0 Å². The molecular weight excluding hydrogens is 160 g/mol. The number of nitrogens with zero attached hydrogens (tertiary/aromatic N) is 1. The van der Waals surface area contributed by atoms with Gasteiger partial charge in [-0.3, -0.25) is 4.98 Å². The molecule has 0 bridgehead atoms. The van der Waals surface area contributed by atoms with Crippen LogP contribution in [0, 0.1) is 0 Å². The molecule has 13 heavy (non-hydrogen) atoms. The Morgan fingerprint density at radius 3 is 1.54 bits per heavy atom. The number of para-hydroxylation sites is 1. The molecule has 0 aliphatic heterocycles. The lowest BCUT2D eigenvalue weighted by atomic mass is 10.3. The Kier molecular flexibility index (Phi) is 4.11. The highest BCUT2D eigenvalue weighted by Gasteiger charge is 1.72. The van der Waals surface area contributed by atoms with Crippen LogP contribution in [0.2, 0.25) is 0 Å². The number of benzene rings is 1. The fourth-order valence-corrected chi connectivity index (χ4v) is 0.766. The van der Waals surface area contributed by atoms with Gasteiger partial charge in [0.25, 0.3) is 0 Å². The third-order valence-corrected chi connectivity index (χ3v) is 1.37. The third kappa shape index (κ3) is 4.58. The van der Waals surface area contributed by atoms with Gasteiger partial charge in [-0.15, -0.1) is 0 Å². The van der Waals surface area contributed by atoms with Crippen LogP contribution >= 0.6 is 0 Å². The lowest BCUT2D eigenvalue weighted by molar-refractivity contribution is 1.33. The summed E-state index contributed by atoms with van der Waals surface area (Å²) in [6, 6.07) is 15.2. The fourth-order valence-electron chi connectivity index (χ4n) is 0.766. The van der Waals surface area contributed by atoms with Crippen LogP contribution in [-0.4, -0.2) is 4.98 Å². The first-order valence-electron chi connectivity index (χ1n) is 4.05. The van der Waals surface area contributed by atoms with Gasteiger partial charge in [0.15, 0.2) is 0 Å². The minimum absolute atomic E-state index is 0.822. The Hall–Kier alpha value is -1.83. The topological polar surface area (TPSA) is 38.9 Å². The highest BCUT2D eigenvalue weighted by Crippen LogP contribution is 1.95. The molecule has 0 amide bonds. The summed E-state index contributed by atoms with van der Waals surface area (Å²) in [5, 5.41) is 0. The van der Waals surface area contributed by atoms with E-state index >= 15 is 0 Å². The molecule has 0 fully saturated rings. The van der Waals surface area contributed by atoms with E-state index < -0.39 is 0 Å². The van der Waals surface area contributed by atoms with Crippen molar-refractivity contribution < 1.29 is 0 Å². The maximum absolute atomic E-state index is 5.36. The Balaban J connectivity index is 0.000000132. The van der Waals surface area contributed by atoms with Crippen molar-refractivity contribution in [3.63, 3.8) is 0 Å². The van der Waals surface area contributed by atoms with Crippen molar-refractivity contribution in [3.05, 3.63) is 60.9 Å². The molecule has 0 saturated heterocycles. The molecule has 0 atom stereocenters. The number of nitrogens with two attached hydrogens (primary N) is 1. The van der Waals surface area contributed by atoms with Gasteiger partial charge < -0.3 is 5.73 Å². The molecule has 0 radical (unpaired) electrons. The van der Waals surface area contributed by atoms with Crippen LogP contribution in [-0.2, 0) is 0 Å². The molecule has 0 spiro atoms. The predicted octanol–water partition coefficient (Wildman–Crippen LogP) is 2.35. The summed E-state index contributed by atoms with van der Waals surface area (Å²) in [5.74, 6) is 0. The first kappa shape index (κ1) is 9.26. The number of rotatable bonds is 0. The molecule has 2 rings (SSSR count). The minimum atomic E-state index is 0.822. The molecule has 0 unspecified atom stereocenters. The van der Waals surface area contributed by atoms with E-state index in [1.807, 2.05) is 48.5 Å². The molecule has 1 aromatic carbocycles. The Labute approximate surface area is 78.1 Å². The van der Waals surface area contributed by atoms with E-state index in [-0.39, 0.29) is 0 Å². The fraction of sp³-hybridized carbons (Fsp3) is 0. The molecule has 0 aliphatic rings. The van der Waals surface area contributed by atoms with E-state index in [0.717, 1.165) is 5.69 Å². The Morgan fingerprint density at radius 2 is 1.31 bits per heavy atom. The van der Waals surface area contributed by atoms with Gasteiger partial charge in [0, 0.05) is 18.1 Å². The molecule has 0 saturated carbocycles. The van der Waals surface area contributed by atoms with Crippen LogP contribution in [0.1, 0.15) is 0 Å². The number of hydrogen-bond donors (Lipinski definition) is 1. The summed E-state index contributed by atoms with van der Waals surface area (Å²) in [5.41, 5.74) is 6.18. The number of nitrogen functional groups attached to an aromatic ring is 1. The van der Waals surface area contributed by atoms with Gasteiger partial charge in [-0.1, -0.05) is 24.3 Å². The zero-order valence-corrected chi connectivity index (χ0v) is 7.30. The Morgan fingerprint density at radius 1 is 0.769 bits per heavy atom. The SMILES string of the molecule is Nc1ccccc1.c1ccncc1. The summed E-state index contributed by atoms with van der Waals surface area (Å²) in [4.78, 5) is 3.78. The monoisotopic (exact) mass is 172 g/mol. The van der Waals surface area contributed by atoms with Crippen LogP contribution in [0.4, 0.5) is 5.69 Å². The number of pyridine rings is 1. The van der Waals surface area contributed by atoms with Crippen LogP contribution < -0.4 is 5.73 Å². The van der Waals surface area contributed by atoms with Crippen LogP contribution in [0.3, 0.4) is 0 Å². The second-order valence-electron chi connectivity index (χ2n) is 2.44. The van der Waals surface area contributed by atoms with E-state index in [9.17, 15) is 0 Å². The number of hydrogen-bond acceptors (Lipinski definition) is 2. The van der Waals surface area contributed by atoms with Crippen molar-refractivity contribution >= 4 is 5.69 Å². The van der Waals surface area contributed by atoms with Crippen LogP contribution in [0.25, 0.3) is 0 Å². The highest BCUT2D eigenvalue weighted by atomic mass is 14.6. The van der Waals surface area contributed by atoms with Gasteiger partial charge in [0.1, 0.15) is 0 Å². The average Bonchev–Trinajstić information content (AvgIpc) is 2.22. The van der Waals surface area contributed by atoms with Gasteiger partial charge in [-0.05, 0) is 24.3 Å². The average molecular weight is 172 g/mol. The Bertz CT molecular complexity index is 279. The molecule has 2 aromatic rings. The largest absolute Gasteiger partial charge is 0.399 e. The first-order valence-corrected chi connectivity index (χ1v) is 4.05. The van der Waals surface area contributed by atoms with Crippen molar-refractivity contribution in [2.75, 3.05) is 5.73 Å². The normalized spacial score (nSPS) is 8.31. The van der Waals surface area contributed by atoms with Gasteiger partial charge in [-0.2, -0.15) is 0 Å². The van der Waals surface area contributed by atoms with E-state index in [4.69, 9.17) is 5.73 Å². The van der Waals surface area contributed by atoms with Crippen molar-refractivity contribution in [3.8, 4) is 0 Å². The summed E-state index contributed by atoms with van der Waals surface area (Å²) in [6.07, 6.45) is 3.50. The zero-order valence-electron chi connectivity index (χ0n) is 7.30. The van der Waals surface area contributed by atoms with Gasteiger partial charge >= 0.3 is 0 Å². The number of aromatic nitrogens is 1. The van der Waals surface area contributed by atoms with E-state index in [1.54, 1.807) is 12.4 Å². The minimum Gasteiger partial charge on any atom is -0.399 e. The molecule has 1 aromatic heterocycles. The van der Waals surface area contributed by atoms with Crippen LogP contribution in [0.5, 0.6) is 0 Å². The van der Waals surface area contributed by atoms with E-state index in [1.165, 1.54) is 0 Å². The number of anilines is 1. The second-order valence-corrected chi connectivity index (χ2v) is 2.44. The maximum atomic E-state index is 5.36.